The number of rotatable bonds is 5. The Balaban J connectivity index is 2.55. The molecule has 2 atom stereocenters. The minimum absolute atomic E-state index is 0.115. The van der Waals surface area contributed by atoms with Crippen molar-refractivity contribution in [3.8, 4) is 0 Å². The number of aliphatic carboxylic acids is 1. The molecule has 2 nitrogen and oxygen atoms in total. The van der Waals surface area contributed by atoms with Crippen LogP contribution in [0.25, 0.3) is 0 Å². The molecule has 2 unspecified atom stereocenters. The average molecular weight is 347 g/mol. The van der Waals surface area contributed by atoms with E-state index in [1.165, 1.54) is 0 Å². The Labute approximate surface area is 134 Å². The van der Waals surface area contributed by atoms with Gasteiger partial charge in [-0.1, -0.05) is 72.2 Å². The minimum Gasteiger partial charge on any atom is -0.481 e. The molecule has 110 valence electrons. The second-order valence-electron chi connectivity index (χ2n) is 5.27. The molecule has 2 aromatic carbocycles. The summed E-state index contributed by atoms with van der Waals surface area (Å²) in [5, 5.41) is 9.95. The summed E-state index contributed by atoms with van der Waals surface area (Å²) in [7, 11) is 0. The van der Waals surface area contributed by atoms with Gasteiger partial charge in [0.1, 0.15) is 0 Å². The zero-order valence-corrected chi connectivity index (χ0v) is 13.8. The lowest BCUT2D eigenvalue weighted by Crippen LogP contribution is -2.40. The lowest BCUT2D eigenvalue weighted by Gasteiger charge is -2.35. The Morgan fingerprint density at radius 1 is 1.14 bits per heavy atom. The van der Waals surface area contributed by atoms with Gasteiger partial charge in [0.05, 0.1) is 5.41 Å². The second kappa shape index (κ2) is 6.44. The number of carboxylic acid groups (broad SMARTS) is 1. The molecule has 2 rings (SSSR count). The third-order valence-electron chi connectivity index (χ3n) is 4.34. The molecule has 0 saturated carbocycles. The van der Waals surface area contributed by atoms with E-state index >= 15 is 0 Å². The van der Waals surface area contributed by atoms with Crippen LogP contribution in [0, 0.1) is 0 Å². The van der Waals surface area contributed by atoms with Crippen molar-refractivity contribution < 1.29 is 9.90 Å². The topological polar surface area (TPSA) is 37.3 Å². The van der Waals surface area contributed by atoms with E-state index in [0.717, 1.165) is 15.6 Å². The summed E-state index contributed by atoms with van der Waals surface area (Å²) in [6, 6.07) is 17.4. The van der Waals surface area contributed by atoms with Crippen LogP contribution in [0.3, 0.4) is 0 Å². The van der Waals surface area contributed by atoms with Gasteiger partial charge in [-0.15, -0.1) is 0 Å². The van der Waals surface area contributed by atoms with E-state index in [2.05, 4.69) is 15.9 Å². The van der Waals surface area contributed by atoms with Gasteiger partial charge in [-0.25, -0.2) is 0 Å². The zero-order chi connectivity index (χ0) is 15.5. The summed E-state index contributed by atoms with van der Waals surface area (Å²) in [6.45, 7) is 3.93. The fourth-order valence-corrected chi connectivity index (χ4v) is 3.26. The van der Waals surface area contributed by atoms with Crippen molar-refractivity contribution in [2.24, 2.45) is 0 Å². The summed E-state index contributed by atoms with van der Waals surface area (Å²) < 4.78 is 0.996. The van der Waals surface area contributed by atoms with E-state index in [1.807, 2.05) is 68.4 Å². The average Bonchev–Trinajstić information content (AvgIpc) is 2.50. The highest BCUT2D eigenvalue weighted by Crippen LogP contribution is 2.42. The van der Waals surface area contributed by atoms with E-state index < -0.39 is 11.4 Å². The van der Waals surface area contributed by atoms with E-state index in [4.69, 9.17) is 0 Å². The second-order valence-corrected chi connectivity index (χ2v) is 6.18. The first-order valence-electron chi connectivity index (χ1n) is 7.06. The number of hydrogen-bond donors (Lipinski definition) is 1. The van der Waals surface area contributed by atoms with Gasteiger partial charge in [0.25, 0.3) is 0 Å². The molecule has 0 bridgehead atoms. The summed E-state index contributed by atoms with van der Waals surface area (Å²) in [4.78, 5) is 12.1. The Morgan fingerprint density at radius 3 is 2.19 bits per heavy atom. The Hall–Kier alpha value is -1.61. The van der Waals surface area contributed by atoms with Crippen LogP contribution >= 0.6 is 15.9 Å². The normalized spacial score (nSPS) is 15.2. The highest BCUT2D eigenvalue weighted by Gasteiger charge is 2.44. The van der Waals surface area contributed by atoms with E-state index in [0.29, 0.717) is 6.42 Å². The van der Waals surface area contributed by atoms with Crippen molar-refractivity contribution in [2.45, 2.75) is 31.6 Å². The number of benzene rings is 2. The lowest BCUT2D eigenvalue weighted by atomic mass is 9.66. The number of carboxylic acids is 1. The smallest absolute Gasteiger partial charge is 0.314 e. The van der Waals surface area contributed by atoms with Gasteiger partial charge in [0.15, 0.2) is 0 Å². The first-order chi connectivity index (χ1) is 10.0. The summed E-state index contributed by atoms with van der Waals surface area (Å²) in [5.41, 5.74) is 0.983. The number of carbonyl (C=O) groups is 1. The highest BCUT2D eigenvalue weighted by molar-refractivity contribution is 9.10. The quantitative estimate of drug-likeness (QED) is 0.828. The van der Waals surface area contributed by atoms with Crippen molar-refractivity contribution >= 4 is 21.9 Å². The van der Waals surface area contributed by atoms with Crippen molar-refractivity contribution in [3.63, 3.8) is 0 Å². The summed E-state index contributed by atoms with van der Waals surface area (Å²) in [6.07, 6.45) is 0.545. The fraction of sp³-hybridized carbons (Fsp3) is 0.278. The maximum absolute atomic E-state index is 12.1. The molecule has 0 spiro atoms. The molecule has 0 aliphatic carbocycles. The first kappa shape index (κ1) is 15.8. The van der Waals surface area contributed by atoms with Gasteiger partial charge >= 0.3 is 5.97 Å². The maximum atomic E-state index is 12.1. The predicted octanol–water partition coefficient (Wildman–Crippen LogP) is 4.99. The van der Waals surface area contributed by atoms with Gasteiger partial charge in [-0.05, 0) is 29.7 Å². The summed E-state index contributed by atoms with van der Waals surface area (Å²) in [5.74, 6) is -0.887. The molecule has 3 heteroatoms. The van der Waals surface area contributed by atoms with Gasteiger partial charge in [0.2, 0.25) is 0 Å². The molecule has 0 saturated heterocycles. The minimum atomic E-state index is -0.908. The third-order valence-corrected chi connectivity index (χ3v) is 4.87. The number of hydrogen-bond acceptors (Lipinski definition) is 1. The van der Waals surface area contributed by atoms with Crippen molar-refractivity contribution in [3.05, 3.63) is 70.2 Å². The van der Waals surface area contributed by atoms with Crippen LogP contribution in [-0.2, 0) is 10.2 Å². The molecule has 0 aliphatic heterocycles. The molecule has 0 radical (unpaired) electrons. The standard InChI is InChI=1S/C18H19BrO2/c1-3-18(17(20)21,15-7-5-4-6-8-15)13(2)14-9-11-16(19)12-10-14/h4-13H,3H2,1-2H3,(H,20,21). The van der Waals surface area contributed by atoms with Crippen molar-refractivity contribution in [1.82, 2.24) is 0 Å². The van der Waals surface area contributed by atoms with E-state index in [1.54, 1.807) is 0 Å². The van der Waals surface area contributed by atoms with Crippen LogP contribution in [0.4, 0.5) is 0 Å². The number of halogens is 1. The van der Waals surface area contributed by atoms with Gasteiger partial charge < -0.3 is 5.11 Å². The molecular formula is C18H19BrO2. The van der Waals surface area contributed by atoms with Crippen molar-refractivity contribution in [1.29, 1.82) is 0 Å². The highest BCUT2D eigenvalue weighted by atomic mass is 79.9. The molecule has 21 heavy (non-hydrogen) atoms. The largest absolute Gasteiger partial charge is 0.481 e. The molecule has 0 aromatic heterocycles. The SMILES string of the molecule is CCC(C(=O)O)(c1ccccc1)C(C)c1ccc(Br)cc1. The first-order valence-corrected chi connectivity index (χ1v) is 7.86. The molecule has 0 fully saturated rings. The van der Waals surface area contributed by atoms with Crippen LogP contribution in [0.2, 0.25) is 0 Å². The van der Waals surface area contributed by atoms with Crippen LogP contribution < -0.4 is 0 Å². The van der Waals surface area contributed by atoms with Crippen LogP contribution in [0.15, 0.2) is 59.1 Å². The molecule has 1 N–H and O–H groups in total. The molecule has 0 aliphatic rings. The molecular weight excluding hydrogens is 328 g/mol. The van der Waals surface area contributed by atoms with E-state index in [9.17, 15) is 9.90 Å². The Bertz CT molecular complexity index is 607. The fourth-order valence-electron chi connectivity index (χ4n) is 2.99. The van der Waals surface area contributed by atoms with Gasteiger partial charge in [-0.2, -0.15) is 0 Å². The monoisotopic (exact) mass is 346 g/mol. The van der Waals surface area contributed by atoms with Crippen LogP contribution in [0.1, 0.15) is 37.3 Å². The van der Waals surface area contributed by atoms with Gasteiger partial charge in [-0.3, -0.25) is 4.79 Å². The predicted molar refractivity (Wildman–Crippen MR) is 88.6 cm³/mol. The van der Waals surface area contributed by atoms with Crippen LogP contribution in [-0.4, -0.2) is 11.1 Å². The third kappa shape index (κ3) is 2.88. The van der Waals surface area contributed by atoms with E-state index in [-0.39, 0.29) is 5.92 Å². The zero-order valence-electron chi connectivity index (χ0n) is 12.2. The summed E-state index contributed by atoms with van der Waals surface area (Å²) >= 11 is 3.42. The molecule has 0 heterocycles. The molecule has 2 aromatic rings. The molecule has 0 amide bonds. The van der Waals surface area contributed by atoms with Crippen molar-refractivity contribution in [2.75, 3.05) is 0 Å². The van der Waals surface area contributed by atoms with Crippen LogP contribution in [0.5, 0.6) is 0 Å². The maximum Gasteiger partial charge on any atom is 0.314 e. The Kier molecular flexibility index (Phi) is 4.84. The Morgan fingerprint density at radius 2 is 1.71 bits per heavy atom. The van der Waals surface area contributed by atoms with Gasteiger partial charge in [0, 0.05) is 10.4 Å². The lowest BCUT2D eigenvalue weighted by molar-refractivity contribution is -0.145.